The van der Waals surface area contributed by atoms with Crippen LogP contribution in [-0.2, 0) is 36.7 Å². The number of fused-ring (bicyclic) bond motifs is 6. The number of hydrogen-bond acceptors (Lipinski definition) is 6. The molecule has 0 atom stereocenters. The van der Waals surface area contributed by atoms with Crippen LogP contribution >= 0.6 is 11.3 Å². The van der Waals surface area contributed by atoms with Gasteiger partial charge in [0.2, 0.25) is 0 Å². The van der Waals surface area contributed by atoms with Crippen LogP contribution in [0.4, 0.5) is 0 Å². The minimum absolute atomic E-state index is 0. The number of allylic oxidation sites excluding steroid dienone is 2. The summed E-state index contributed by atoms with van der Waals surface area (Å²) >= 11 is 1.70. The van der Waals surface area contributed by atoms with Crippen molar-refractivity contribution in [2.24, 2.45) is 10.8 Å². The van der Waals surface area contributed by atoms with Crippen LogP contribution in [0.5, 0.6) is 5.75 Å². The minimum Gasteiger partial charge on any atom is -0.512 e. The summed E-state index contributed by atoms with van der Waals surface area (Å²) in [5.74, 6) is 1.29. The topological polar surface area (TPSA) is 72.3 Å². The zero-order valence-corrected chi connectivity index (χ0v) is 33.1. The van der Waals surface area contributed by atoms with E-state index in [1.807, 2.05) is 41.5 Å². The van der Waals surface area contributed by atoms with Gasteiger partial charge in [-0.25, -0.2) is 4.98 Å². The van der Waals surface area contributed by atoms with Crippen LogP contribution < -0.4 is 4.74 Å². The van der Waals surface area contributed by atoms with Crippen LogP contribution in [-0.4, -0.2) is 27.5 Å². The number of nitrogens with zero attached hydrogens (tertiary/aromatic N) is 2. The summed E-state index contributed by atoms with van der Waals surface area (Å²) in [6.07, 6.45) is 7.39. The molecule has 3 aromatic carbocycles. The maximum absolute atomic E-state index is 12.2. The third-order valence-corrected chi connectivity index (χ3v) is 11.6. The molecule has 3 heterocycles. The molecule has 0 amide bonds. The third-order valence-electron chi connectivity index (χ3n) is 10.5. The van der Waals surface area contributed by atoms with E-state index in [1.54, 1.807) is 17.7 Å². The van der Waals surface area contributed by atoms with Gasteiger partial charge in [-0.05, 0) is 42.7 Å². The first-order chi connectivity index (χ1) is 22.3. The average molecular weight is 842 g/mol. The fraction of sp³-hybridized carbons (Fsp3) is 0.439. The van der Waals surface area contributed by atoms with E-state index >= 15 is 0 Å². The molecule has 1 N–H and O–H groups in total. The van der Waals surface area contributed by atoms with Gasteiger partial charge < -0.3 is 9.84 Å². The predicted octanol–water partition coefficient (Wildman–Crippen LogP) is 11.3. The molecule has 0 spiro atoms. The summed E-state index contributed by atoms with van der Waals surface area (Å²) in [4.78, 5) is 22.5. The summed E-state index contributed by atoms with van der Waals surface area (Å²) < 4.78 is 7.26. The Balaban J connectivity index is 0.000000251. The maximum Gasteiger partial charge on any atom is 0.164 e. The molecule has 48 heavy (non-hydrogen) atoms. The van der Waals surface area contributed by atoms with Crippen molar-refractivity contribution in [3.63, 3.8) is 0 Å². The molecule has 257 valence electrons. The van der Waals surface area contributed by atoms with E-state index in [0.717, 1.165) is 76.7 Å². The number of carbonyl (C=O) groups is 1. The van der Waals surface area contributed by atoms with Crippen molar-refractivity contribution in [3.8, 4) is 17.0 Å². The van der Waals surface area contributed by atoms with Crippen LogP contribution in [0, 0.1) is 16.9 Å². The molecule has 0 saturated heterocycles. The standard InChI is InChI=1S/C26H21N2OS.C15H28O2.Ir/c1-26(2,3)19-13-17(12-16-6-4-5-7-18(16)19)23-22-21-20(30-25(22)28-14-27-23)9-8-15-10-11-29-24(15)21;1-7-14(5,8-2)12(16)11-13(17)15(6,9-3)10-4;/h4-9,13-14H,10-11H2,1-3H3;11,16H,7-10H2,1-6H3;/q-1;;/b;12-11-;. The minimum atomic E-state index is -0.337. The molecule has 0 unspecified atom stereocenters. The van der Waals surface area contributed by atoms with Crippen molar-refractivity contribution in [2.45, 2.75) is 99.8 Å². The molecule has 1 aliphatic rings. The molecule has 2 aromatic heterocycles. The van der Waals surface area contributed by atoms with E-state index in [-0.39, 0.29) is 47.9 Å². The fourth-order valence-corrected chi connectivity index (χ4v) is 7.24. The summed E-state index contributed by atoms with van der Waals surface area (Å²) in [6.45, 7) is 19.6. The van der Waals surface area contributed by atoms with E-state index in [9.17, 15) is 9.90 Å². The van der Waals surface area contributed by atoms with Gasteiger partial charge >= 0.3 is 0 Å². The third kappa shape index (κ3) is 7.11. The molecule has 0 fully saturated rings. The summed E-state index contributed by atoms with van der Waals surface area (Å²) in [5.41, 5.74) is 3.94. The van der Waals surface area contributed by atoms with Crippen LogP contribution in [0.2, 0.25) is 0 Å². The number of benzene rings is 3. The summed E-state index contributed by atoms with van der Waals surface area (Å²) in [7, 11) is 0. The zero-order valence-electron chi connectivity index (χ0n) is 29.8. The first-order valence-electron chi connectivity index (χ1n) is 17.0. The Morgan fingerprint density at radius 2 is 1.60 bits per heavy atom. The van der Waals surface area contributed by atoms with Gasteiger partial charge in [0.1, 0.15) is 22.7 Å². The quantitative estimate of drug-likeness (QED) is 0.0957. The number of rotatable bonds is 8. The van der Waals surface area contributed by atoms with Crippen molar-refractivity contribution in [1.82, 2.24) is 9.97 Å². The Bertz CT molecular complexity index is 1960. The molecule has 0 aliphatic carbocycles. The number of thiophene rings is 1. The van der Waals surface area contributed by atoms with Gasteiger partial charge in [0.25, 0.3) is 0 Å². The van der Waals surface area contributed by atoms with Crippen molar-refractivity contribution >= 4 is 48.2 Å². The van der Waals surface area contributed by atoms with Crippen LogP contribution in [0.3, 0.4) is 0 Å². The smallest absolute Gasteiger partial charge is 0.164 e. The van der Waals surface area contributed by atoms with Gasteiger partial charge in [-0.3, -0.25) is 9.78 Å². The number of hydrogen-bond donors (Lipinski definition) is 1. The van der Waals surface area contributed by atoms with E-state index in [4.69, 9.17) is 9.72 Å². The van der Waals surface area contributed by atoms with Gasteiger partial charge in [0, 0.05) is 64.6 Å². The molecule has 5 nitrogen and oxygen atoms in total. The van der Waals surface area contributed by atoms with Crippen LogP contribution in [0.25, 0.3) is 42.3 Å². The van der Waals surface area contributed by atoms with Crippen molar-refractivity contribution < 1.29 is 34.7 Å². The van der Waals surface area contributed by atoms with Gasteiger partial charge in [-0.2, -0.15) is 0 Å². The summed E-state index contributed by atoms with van der Waals surface area (Å²) in [6, 6.07) is 18.8. The van der Waals surface area contributed by atoms with Gasteiger partial charge in [-0.1, -0.05) is 97.5 Å². The van der Waals surface area contributed by atoms with E-state index in [1.165, 1.54) is 27.3 Å². The second kappa shape index (κ2) is 14.8. The molecule has 0 saturated carbocycles. The van der Waals surface area contributed by atoms with Crippen molar-refractivity contribution in [3.05, 3.63) is 77.8 Å². The molecular formula is C41H49IrN2O3S-. The zero-order chi connectivity index (χ0) is 34.1. The molecule has 5 aromatic rings. The Hall–Kier alpha value is -3.12. The normalized spacial score (nSPS) is 13.6. The van der Waals surface area contributed by atoms with Crippen LogP contribution in [0.1, 0.15) is 99.1 Å². The number of carbonyl (C=O) groups excluding carboxylic acids is 1. The fourth-order valence-electron chi connectivity index (χ4n) is 6.20. The molecule has 1 aliphatic heterocycles. The van der Waals surface area contributed by atoms with Crippen molar-refractivity contribution in [1.29, 1.82) is 0 Å². The number of ketones is 1. The van der Waals surface area contributed by atoms with E-state index in [0.29, 0.717) is 0 Å². The van der Waals surface area contributed by atoms with Crippen molar-refractivity contribution in [2.75, 3.05) is 6.61 Å². The Morgan fingerprint density at radius 1 is 0.938 bits per heavy atom. The SMILES string of the molecule is CC(C)(C)c1cc(-c2ncnc3sc4ccc5c(c4c23)OCC5)[c-]c2ccccc12.CCC(C)(CC)C(=O)/C=C(\O)C(C)(CC)CC.[Ir]. The van der Waals surface area contributed by atoms with Crippen LogP contribution in [0.15, 0.2) is 60.6 Å². The Kier molecular flexibility index (Phi) is 11.6. The number of ether oxygens (including phenoxy) is 1. The predicted molar refractivity (Wildman–Crippen MR) is 198 cm³/mol. The van der Waals surface area contributed by atoms with E-state index in [2.05, 4.69) is 74.3 Å². The maximum atomic E-state index is 12.2. The van der Waals surface area contributed by atoms with Gasteiger partial charge in [0.05, 0.1) is 6.61 Å². The Morgan fingerprint density at radius 3 is 2.25 bits per heavy atom. The number of aliphatic hydroxyl groups excluding tert-OH is 1. The van der Waals surface area contributed by atoms with E-state index < -0.39 is 0 Å². The monoisotopic (exact) mass is 842 g/mol. The molecular weight excluding hydrogens is 793 g/mol. The number of aromatic nitrogens is 2. The largest absolute Gasteiger partial charge is 0.512 e. The number of aliphatic hydroxyl groups is 1. The molecule has 1 radical (unpaired) electrons. The molecule has 7 heteroatoms. The van der Waals surface area contributed by atoms with Gasteiger partial charge in [-0.15, -0.1) is 40.5 Å². The first-order valence-corrected chi connectivity index (χ1v) is 17.8. The average Bonchev–Trinajstić information content (AvgIpc) is 3.71. The first kappa shape index (κ1) is 37.7. The van der Waals surface area contributed by atoms with Gasteiger partial charge in [0.15, 0.2) is 5.78 Å². The second-order valence-electron chi connectivity index (χ2n) is 14.4. The summed E-state index contributed by atoms with van der Waals surface area (Å²) in [5, 5.41) is 14.7. The molecule has 6 rings (SSSR count). The molecule has 0 bridgehead atoms. The second-order valence-corrected chi connectivity index (χ2v) is 15.4. The Labute approximate surface area is 303 Å².